The number of aryl methyl sites for hydroxylation is 1. The van der Waals surface area contributed by atoms with Crippen molar-refractivity contribution in [3.05, 3.63) is 48.3 Å². The molecule has 2 N–H and O–H groups in total. The highest BCUT2D eigenvalue weighted by molar-refractivity contribution is 9.10. The summed E-state index contributed by atoms with van der Waals surface area (Å²) in [6.07, 6.45) is -4.77. The summed E-state index contributed by atoms with van der Waals surface area (Å²) < 4.78 is 39.2. The molecule has 20 heavy (non-hydrogen) atoms. The molecule has 106 valence electrons. The van der Waals surface area contributed by atoms with Crippen LogP contribution in [0.15, 0.2) is 26.2 Å². The van der Waals surface area contributed by atoms with Gasteiger partial charge in [-0.25, -0.2) is 0 Å². The molecule has 0 bridgehead atoms. The number of hydrogen-bond donors (Lipinski definition) is 2. The fourth-order valence-corrected chi connectivity index (χ4v) is 2.41. The van der Waals surface area contributed by atoms with Crippen LogP contribution in [0.4, 0.5) is 13.2 Å². The van der Waals surface area contributed by atoms with E-state index in [2.05, 4.69) is 20.9 Å². The summed E-state index contributed by atoms with van der Waals surface area (Å²) in [5, 5.41) is 9.09. The Morgan fingerprint density at radius 2 is 1.85 bits per heavy atom. The lowest BCUT2D eigenvalue weighted by molar-refractivity contribution is -0.137. The van der Waals surface area contributed by atoms with Gasteiger partial charge in [-0.2, -0.15) is 13.2 Å². The number of alkyl halides is 3. The number of H-pyrrole nitrogens is 1. The van der Waals surface area contributed by atoms with Gasteiger partial charge in [0.2, 0.25) is 5.43 Å². The summed E-state index contributed by atoms with van der Waals surface area (Å²) in [6, 6.07) is 1.72. The molecule has 0 saturated carbocycles. The second kappa shape index (κ2) is 4.62. The largest absolute Gasteiger partial charge is 0.507 e. The first-order chi connectivity index (χ1) is 9.12. The molecule has 0 unspecified atom stereocenters. The van der Waals surface area contributed by atoms with Crippen LogP contribution in [0, 0.1) is 6.92 Å². The molecule has 4 nitrogen and oxygen atoms in total. The van der Waals surface area contributed by atoms with Crippen molar-refractivity contribution in [2.24, 2.45) is 0 Å². The number of benzene rings is 1. The van der Waals surface area contributed by atoms with Crippen molar-refractivity contribution in [2.75, 3.05) is 0 Å². The van der Waals surface area contributed by atoms with E-state index in [1.54, 1.807) is 0 Å². The zero-order chi connectivity index (χ0) is 15.2. The van der Waals surface area contributed by atoms with Crippen LogP contribution >= 0.6 is 15.9 Å². The van der Waals surface area contributed by atoms with E-state index in [1.165, 1.54) is 13.0 Å². The predicted octanol–water partition coefficient (Wildman–Crippen LogP) is 2.68. The number of nitrogens with one attached hydrogen (secondary N) is 1. The van der Waals surface area contributed by atoms with Crippen molar-refractivity contribution in [1.29, 1.82) is 0 Å². The Kier molecular flexibility index (Phi) is 3.37. The molecular weight excluding hydrogens is 343 g/mol. The summed E-state index contributed by atoms with van der Waals surface area (Å²) in [5.41, 5.74) is -3.43. The van der Waals surface area contributed by atoms with Gasteiger partial charge in [-0.05, 0) is 34.5 Å². The Balaban J connectivity index is 3.22. The Hall–Kier alpha value is -1.83. The van der Waals surface area contributed by atoms with E-state index in [-0.39, 0.29) is 15.6 Å². The van der Waals surface area contributed by atoms with Crippen LogP contribution in [0.1, 0.15) is 11.1 Å². The van der Waals surface area contributed by atoms with E-state index >= 15 is 0 Å². The Bertz CT molecular complexity index is 827. The molecule has 1 heterocycles. The van der Waals surface area contributed by atoms with E-state index in [0.717, 1.165) is 0 Å². The molecule has 0 amide bonds. The Morgan fingerprint density at radius 3 is 2.40 bits per heavy atom. The van der Waals surface area contributed by atoms with Gasteiger partial charge in [0.25, 0.3) is 5.56 Å². The quantitative estimate of drug-likeness (QED) is 0.718. The lowest BCUT2D eigenvalue weighted by Crippen LogP contribution is -2.22. The lowest BCUT2D eigenvalue weighted by Gasteiger charge is -2.14. The monoisotopic (exact) mass is 349 g/mol. The van der Waals surface area contributed by atoms with Crippen molar-refractivity contribution < 1.29 is 18.3 Å². The van der Waals surface area contributed by atoms with Crippen molar-refractivity contribution in [1.82, 2.24) is 4.98 Å². The molecule has 0 fully saturated rings. The van der Waals surface area contributed by atoms with Crippen molar-refractivity contribution >= 4 is 26.8 Å². The van der Waals surface area contributed by atoms with Crippen LogP contribution in [0.25, 0.3) is 10.9 Å². The number of aromatic amines is 1. The highest BCUT2D eigenvalue weighted by Crippen LogP contribution is 2.43. The average Bonchev–Trinajstić information content (AvgIpc) is 2.39. The summed E-state index contributed by atoms with van der Waals surface area (Å²) in [4.78, 5) is 24.7. The zero-order valence-electron chi connectivity index (χ0n) is 9.93. The smallest absolute Gasteiger partial charge is 0.418 e. The first-order valence-electron chi connectivity index (χ1n) is 5.29. The van der Waals surface area contributed by atoms with Crippen LogP contribution < -0.4 is 11.0 Å². The molecule has 0 aliphatic rings. The predicted molar refractivity (Wildman–Crippen MR) is 69.9 cm³/mol. The molecule has 2 aromatic rings. The maximum atomic E-state index is 13.2. The molecule has 2 rings (SSSR count). The standard InChI is InChI=1S/C12H7BrF3NO3/c1-4-2-5-8(9(10(4)13)12(14,15)16)6(18)3-7(19)11(20)17-5/h2-3,18H,1H3,(H,17,19,20). The first kappa shape index (κ1) is 14.6. The number of aromatic hydroxyl groups is 1. The lowest BCUT2D eigenvalue weighted by atomic mass is 10.0. The second-order valence-corrected chi connectivity index (χ2v) is 4.94. The fourth-order valence-electron chi connectivity index (χ4n) is 1.87. The number of aromatic nitrogens is 1. The van der Waals surface area contributed by atoms with Gasteiger partial charge in [0.15, 0.2) is 0 Å². The third-order valence-electron chi connectivity index (χ3n) is 2.73. The van der Waals surface area contributed by atoms with Crippen LogP contribution in [-0.2, 0) is 6.18 Å². The maximum absolute atomic E-state index is 13.2. The zero-order valence-corrected chi connectivity index (χ0v) is 11.5. The van der Waals surface area contributed by atoms with Gasteiger partial charge in [-0.3, -0.25) is 9.59 Å². The summed E-state index contributed by atoms with van der Waals surface area (Å²) in [6.45, 7) is 1.40. The third kappa shape index (κ3) is 2.31. The van der Waals surface area contributed by atoms with Crippen LogP contribution in [-0.4, -0.2) is 10.1 Å². The highest BCUT2D eigenvalue weighted by Gasteiger charge is 2.37. The van der Waals surface area contributed by atoms with Gasteiger partial charge < -0.3 is 10.1 Å². The highest BCUT2D eigenvalue weighted by atomic mass is 79.9. The molecular formula is C12H7BrF3NO3. The topological polar surface area (TPSA) is 70.2 Å². The van der Waals surface area contributed by atoms with Crippen molar-refractivity contribution in [3.8, 4) is 5.75 Å². The fraction of sp³-hybridized carbons (Fsp3) is 0.167. The summed E-state index contributed by atoms with van der Waals surface area (Å²) >= 11 is 2.82. The number of hydrogen-bond acceptors (Lipinski definition) is 3. The van der Waals surface area contributed by atoms with E-state index in [9.17, 15) is 27.9 Å². The normalized spacial score (nSPS) is 11.8. The van der Waals surface area contributed by atoms with E-state index in [1.807, 2.05) is 0 Å². The van der Waals surface area contributed by atoms with Crippen LogP contribution in [0.5, 0.6) is 5.75 Å². The second-order valence-electron chi connectivity index (χ2n) is 4.15. The SMILES string of the molecule is Cc1cc2[nH]c(=O)c(=O)cc(O)c2c(C(F)(F)F)c1Br. The van der Waals surface area contributed by atoms with E-state index in [0.29, 0.717) is 6.07 Å². The molecule has 1 aromatic carbocycles. The number of rotatable bonds is 0. The number of fused-ring (bicyclic) bond motifs is 1. The van der Waals surface area contributed by atoms with Gasteiger partial charge >= 0.3 is 6.18 Å². The molecule has 0 aliphatic heterocycles. The molecule has 1 aromatic heterocycles. The van der Waals surface area contributed by atoms with Gasteiger partial charge in [-0.1, -0.05) is 0 Å². The van der Waals surface area contributed by atoms with Crippen molar-refractivity contribution in [3.63, 3.8) is 0 Å². The van der Waals surface area contributed by atoms with Crippen molar-refractivity contribution in [2.45, 2.75) is 13.1 Å². The van der Waals surface area contributed by atoms with Gasteiger partial charge in [-0.15, -0.1) is 0 Å². The Morgan fingerprint density at radius 1 is 1.25 bits per heavy atom. The van der Waals surface area contributed by atoms with Gasteiger partial charge in [0, 0.05) is 10.5 Å². The minimum Gasteiger partial charge on any atom is -0.507 e. The minimum absolute atomic E-state index is 0.207. The average molecular weight is 350 g/mol. The maximum Gasteiger partial charge on any atom is 0.418 e. The van der Waals surface area contributed by atoms with Crippen LogP contribution in [0.3, 0.4) is 0 Å². The van der Waals surface area contributed by atoms with E-state index < -0.39 is 33.9 Å². The molecule has 8 heteroatoms. The third-order valence-corrected chi connectivity index (χ3v) is 3.75. The summed E-state index contributed by atoms with van der Waals surface area (Å²) in [5.74, 6) is -0.906. The first-order valence-corrected chi connectivity index (χ1v) is 6.09. The molecule has 0 atom stereocenters. The summed E-state index contributed by atoms with van der Waals surface area (Å²) in [7, 11) is 0. The van der Waals surface area contributed by atoms with Gasteiger partial charge in [0.05, 0.1) is 16.5 Å². The van der Waals surface area contributed by atoms with Crippen LogP contribution in [0.2, 0.25) is 0 Å². The van der Waals surface area contributed by atoms with E-state index in [4.69, 9.17) is 0 Å². The molecule has 0 radical (unpaired) electrons. The molecule has 0 aliphatic carbocycles. The minimum atomic E-state index is -4.77. The Labute approximate surface area is 118 Å². The number of halogens is 4. The molecule has 0 saturated heterocycles. The molecule has 0 spiro atoms. The van der Waals surface area contributed by atoms with Gasteiger partial charge in [0.1, 0.15) is 5.75 Å².